The Bertz CT molecular complexity index is 581. The van der Waals surface area contributed by atoms with E-state index in [-0.39, 0.29) is 0 Å². The molecule has 19 heavy (non-hydrogen) atoms. The molecule has 2 nitrogen and oxygen atoms in total. The summed E-state index contributed by atoms with van der Waals surface area (Å²) in [6.45, 7) is 2.02. The average Bonchev–Trinajstić information content (AvgIpc) is 2.97. The van der Waals surface area contributed by atoms with E-state index in [9.17, 15) is 0 Å². The number of rotatable bonds is 5. The highest BCUT2D eigenvalue weighted by molar-refractivity contribution is 5.84. The van der Waals surface area contributed by atoms with Crippen LogP contribution >= 0.6 is 0 Å². The molecule has 1 aliphatic rings. The summed E-state index contributed by atoms with van der Waals surface area (Å²) in [6.07, 6.45) is 11.4. The van der Waals surface area contributed by atoms with Crippen molar-refractivity contribution < 1.29 is 0 Å². The molecule has 2 aromatic rings. The van der Waals surface area contributed by atoms with E-state index in [0.29, 0.717) is 0 Å². The zero-order valence-electron chi connectivity index (χ0n) is 11.2. The molecule has 1 N–H and O–H groups in total. The van der Waals surface area contributed by atoms with Gasteiger partial charge in [-0.15, -0.1) is 0 Å². The molecule has 1 aliphatic carbocycles. The lowest BCUT2D eigenvalue weighted by molar-refractivity contribution is 0.678. The quantitative estimate of drug-likeness (QED) is 0.646. The largest absolute Gasteiger partial charge is 0.312 e. The molecule has 98 valence electrons. The highest BCUT2D eigenvalue weighted by Gasteiger charge is 2.04. The van der Waals surface area contributed by atoms with Gasteiger partial charge in [0.2, 0.25) is 0 Å². The smallest absolute Gasteiger partial charge is 0.0346 e. The van der Waals surface area contributed by atoms with Gasteiger partial charge in [0.15, 0.2) is 0 Å². The topological polar surface area (TPSA) is 24.9 Å². The lowest BCUT2D eigenvalue weighted by atomic mass is 10.1. The molecule has 0 saturated carbocycles. The van der Waals surface area contributed by atoms with Crippen LogP contribution in [0.15, 0.2) is 48.3 Å². The van der Waals surface area contributed by atoms with Crippen LogP contribution in [0.3, 0.4) is 0 Å². The molecule has 0 atom stereocenters. The van der Waals surface area contributed by atoms with Crippen LogP contribution in [0, 0.1) is 0 Å². The van der Waals surface area contributed by atoms with Crippen LogP contribution in [0.25, 0.3) is 10.8 Å². The van der Waals surface area contributed by atoms with Gasteiger partial charge in [0.1, 0.15) is 0 Å². The van der Waals surface area contributed by atoms with E-state index in [0.717, 1.165) is 13.1 Å². The molecule has 3 rings (SSSR count). The minimum atomic E-state index is 0.939. The van der Waals surface area contributed by atoms with E-state index in [1.54, 1.807) is 5.57 Å². The number of hydrogen-bond acceptors (Lipinski definition) is 2. The summed E-state index contributed by atoms with van der Waals surface area (Å²) in [6, 6.07) is 8.53. The Kier molecular flexibility index (Phi) is 3.89. The van der Waals surface area contributed by atoms with Gasteiger partial charge in [-0.25, -0.2) is 0 Å². The Morgan fingerprint density at radius 3 is 3.11 bits per heavy atom. The molecule has 0 radical (unpaired) electrons. The lowest BCUT2D eigenvalue weighted by Gasteiger charge is -2.08. The Labute approximate surface area is 114 Å². The second-order valence-corrected chi connectivity index (χ2v) is 5.20. The Morgan fingerprint density at radius 1 is 1.21 bits per heavy atom. The molecule has 2 heteroatoms. The van der Waals surface area contributed by atoms with Crippen LogP contribution in [-0.4, -0.2) is 11.5 Å². The predicted octanol–water partition coefficient (Wildman–Crippen LogP) is 3.82. The van der Waals surface area contributed by atoms with Crippen LogP contribution in [0.1, 0.15) is 31.2 Å². The predicted molar refractivity (Wildman–Crippen MR) is 80.0 cm³/mol. The van der Waals surface area contributed by atoms with Gasteiger partial charge in [-0.2, -0.15) is 0 Å². The minimum Gasteiger partial charge on any atom is -0.312 e. The standard InChI is InChI=1S/C17H20N2/c1-2-5-14(4-1)8-10-18-12-15-6-3-7-16-13-19-11-9-17(15)16/h3-4,6-7,9,11,13,18H,1-2,5,8,10,12H2. The summed E-state index contributed by atoms with van der Waals surface area (Å²) in [7, 11) is 0. The van der Waals surface area contributed by atoms with Gasteiger partial charge < -0.3 is 5.32 Å². The number of fused-ring (bicyclic) bond motifs is 1. The third-order valence-corrected chi connectivity index (χ3v) is 3.84. The number of allylic oxidation sites excluding steroid dienone is 1. The van der Waals surface area contributed by atoms with Gasteiger partial charge >= 0.3 is 0 Å². The second kappa shape index (κ2) is 5.98. The van der Waals surface area contributed by atoms with E-state index in [1.165, 1.54) is 42.0 Å². The number of hydrogen-bond donors (Lipinski definition) is 1. The van der Waals surface area contributed by atoms with Crippen molar-refractivity contribution in [3.05, 3.63) is 53.9 Å². The number of nitrogens with one attached hydrogen (secondary N) is 1. The highest BCUT2D eigenvalue weighted by atomic mass is 14.8. The first-order valence-electron chi connectivity index (χ1n) is 7.14. The number of pyridine rings is 1. The van der Waals surface area contributed by atoms with Crippen molar-refractivity contribution in [2.45, 2.75) is 32.2 Å². The molecule has 0 bridgehead atoms. The van der Waals surface area contributed by atoms with Crippen molar-refractivity contribution in [1.82, 2.24) is 10.3 Å². The van der Waals surface area contributed by atoms with Crippen LogP contribution in [0.2, 0.25) is 0 Å². The molecule has 1 heterocycles. The maximum absolute atomic E-state index is 4.17. The molecule has 1 aromatic carbocycles. The van der Waals surface area contributed by atoms with E-state index >= 15 is 0 Å². The van der Waals surface area contributed by atoms with Crippen molar-refractivity contribution in [3.63, 3.8) is 0 Å². The second-order valence-electron chi connectivity index (χ2n) is 5.20. The summed E-state index contributed by atoms with van der Waals surface area (Å²) in [4.78, 5) is 4.17. The van der Waals surface area contributed by atoms with Crippen LogP contribution in [0.5, 0.6) is 0 Å². The maximum Gasteiger partial charge on any atom is 0.0346 e. The van der Waals surface area contributed by atoms with Gasteiger partial charge in [-0.05, 0) is 49.2 Å². The van der Waals surface area contributed by atoms with Crippen molar-refractivity contribution in [3.8, 4) is 0 Å². The highest BCUT2D eigenvalue weighted by Crippen LogP contribution is 2.20. The summed E-state index contributed by atoms with van der Waals surface area (Å²) in [5.41, 5.74) is 3.00. The fourth-order valence-electron chi connectivity index (χ4n) is 2.78. The zero-order chi connectivity index (χ0) is 12.9. The fourth-order valence-corrected chi connectivity index (χ4v) is 2.78. The maximum atomic E-state index is 4.17. The van der Waals surface area contributed by atoms with Gasteiger partial charge in [0.05, 0.1) is 0 Å². The normalized spacial score (nSPS) is 14.8. The molecule has 0 fully saturated rings. The number of aromatic nitrogens is 1. The molecular formula is C17H20N2. The number of nitrogens with zero attached hydrogens (tertiary/aromatic N) is 1. The first-order chi connectivity index (χ1) is 9.43. The lowest BCUT2D eigenvalue weighted by Crippen LogP contribution is -2.15. The summed E-state index contributed by atoms with van der Waals surface area (Å²) >= 11 is 0. The summed E-state index contributed by atoms with van der Waals surface area (Å²) in [5.74, 6) is 0. The molecule has 0 amide bonds. The molecule has 0 unspecified atom stereocenters. The van der Waals surface area contributed by atoms with E-state index in [1.807, 2.05) is 12.4 Å². The van der Waals surface area contributed by atoms with Crippen molar-refractivity contribution in [1.29, 1.82) is 0 Å². The van der Waals surface area contributed by atoms with Gasteiger partial charge in [0.25, 0.3) is 0 Å². The van der Waals surface area contributed by atoms with Crippen molar-refractivity contribution in [2.75, 3.05) is 6.54 Å². The molecule has 1 aromatic heterocycles. The van der Waals surface area contributed by atoms with Gasteiger partial charge in [-0.3, -0.25) is 4.98 Å². The van der Waals surface area contributed by atoms with Gasteiger partial charge in [0, 0.05) is 24.3 Å². The van der Waals surface area contributed by atoms with E-state index in [2.05, 4.69) is 40.6 Å². The number of benzene rings is 1. The molecule has 0 aliphatic heterocycles. The van der Waals surface area contributed by atoms with Gasteiger partial charge in [-0.1, -0.05) is 29.8 Å². The zero-order valence-corrected chi connectivity index (χ0v) is 11.2. The minimum absolute atomic E-state index is 0.939. The molecule has 0 saturated heterocycles. The fraction of sp³-hybridized carbons (Fsp3) is 0.353. The third kappa shape index (κ3) is 3.02. The van der Waals surface area contributed by atoms with Crippen LogP contribution < -0.4 is 5.32 Å². The Morgan fingerprint density at radius 2 is 2.21 bits per heavy atom. The van der Waals surface area contributed by atoms with Crippen LogP contribution in [-0.2, 0) is 6.54 Å². The Balaban J connectivity index is 1.59. The van der Waals surface area contributed by atoms with E-state index < -0.39 is 0 Å². The molecular weight excluding hydrogens is 232 g/mol. The Hall–Kier alpha value is -1.67. The SMILES string of the molecule is C1=C(CCNCc2cccc3cnccc23)CCC1. The summed E-state index contributed by atoms with van der Waals surface area (Å²) in [5, 5.41) is 6.09. The van der Waals surface area contributed by atoms with Crippen molar-refractivity contribution >= 4 is 10.8 Å². The van der Waals surface area contributed by atoms with Crippen LogP contribution in [0.4, 0.5) is 0 Å². The van der Waals surface area contributed by atoms with E-state index in [4.69, 9.17) is 0 Å². The first kappa shape index (κ1) is 12.4. The third-order valence-electron chi connectivity index (χ3n) is 3.84. The van der Waals surface area contributed by atoms with Crippen molar-refractivity contribution in [2.24, 2.45) is 0 Å². The average molecular weight is 252 g/mol. The summed E-state index contributed by atoms with van der Waals surface area (Å²) < 4.78 is 0. The first-order valence-corrected chi connectivity index (χ1v) is 7.14. The monoisotopic (exact) mass is 252 g/mol. The molecule has 0 spiro atoms.